The van der Waals surface area contributed by atoms with Crippen molar-refractivity contribution in [1.29, 1.82) is 0 Å². The van der Waals surface area contributed by atoms with Gasteiger partial charge in [-0.3, -0.25) is 0 Å². The van der Waals surface area contributed by atoms with Crippen molar-refractivity contribution in [3.8, 4) is 11.5 Å². The minimum atomic E-state index is -1.30. The number of rotatable bonds is 15. The minimum Gasteiger partial charge on any atom is -0.494 e. The molecule has 2 N–H and O–H groups in total. The molecule has 0 saturated carbocycles. The maximum Gasteiger partial charge on any atom is 0.340 e. The first-order valence-corrected chi connectivity index (χ1v) is 17.4. The number of carboxylic acids is 1. The van der Waals surface area contributed by atoms with Crippen molar-refractivity contribution in [3.05, 3.63) is 41.5 Å². The molecule has 0 aliphatic carbocycles. The van der Waals surface area contributed by atoms with Gasteiger partial charge in [-0.1, -0.05) is 57.8 Å². The molecule has 1 fully saturated rings. The molecule has 1 aliphatic rings. The monoisotopic (exact) mass is 564 g/mol. The van der Waals surface area contributed by atoms with Crippen LogP contribution in [0.2, 0.25) is 25.7 Å². The highest BCUT2D eigenvalue weighted by molar-refractivity contribution is 6.76. The lowest BCUT2D eigenvalue weighted by molar-refractivity contribution is -0.148. The third kappa shape index (κ3) is 10.7. The van der Waals surface area contributed by atoms with Crippen LogP contribution in [0.5, 0.6) is 11.5 Å². The molecule has 39 heavy (non-hydrogen) atoms. The van der Waals surface area contributed by atoms with Crippen molar-refractivity contribution in [2.75, 3.05) is 20.5 Å². The molecule has 1 saturated heterocycles. The molecular weight excluding hydrogens is 516 g/mol. The van der Waals surface area contributed by atoms with Crippen molar-refractivity contribution in [1.82, 2.24) is 0 Å². The highest BCUT2D eigenvalue weighted by atomic mass is 28.3. The Bertz CT molecular complexity index is 995. The van der Waals surface area contributed by atoms with Gasteiger partial charge in [-0.2, -0.15) is 0 Å². The van der Waals surface area contributed by atoms with E-state index >= 15 is 0 Å². The Balaban J connectivity index is 2.30. The van der Waals surface area contributed by atoms with Gasteiger partial charge in [0.05, 0.1) is 24.9 Å². The lowest BCUT2D eigenvalue weighted by Gasteiger charge is -2.21. The Kier molecular flexibility index (Phi) is 12.2. The van der Waals surface area contributed by atoms with E-state index in [-0.39, 0.29) is 42.1 Å². The molecule has 9 heteroatoms. The number of aromatic carboxylic acids is 1. The molecule has 8 nitrogen and oxygen atoms in total. The third-order valence-corrected chi connectivity index (χ3v) is 8.36. The van der Waals surface area contributed by atoms with Crippen LogP contribution in [0.15, 0.2) is 30.4 Å². The van der Waals surface area contributed by atoms with Crippen LogP contribution in [0.25, 0.3) is 6.08 Å². The zero-order valence-corrected chi connectivity index (χ0v) is 26.0. The van der Waals surface area contributed by atoms with Gasteiger partial charge in [0, 0.05) is 27.2 Å². The molecule has 0 spiro atoms. The van der Waals surface area contributed by atoms with Crippen LogP contribution >= 0.6 is 0 Å². The van der Waals surface area contributed by atoms with Gasteiger partial charge in [0.2, 0.25) is 0 Å². The highest BCUT2D eigenvalue weighted by Crippen LogP contribution is 2.36. The fourth-order valence-corrected chi connectivity index (χ4v) is 4.92. The number of hydrogen-bond acceptors (Lipinski definition) is 7. The van der Waals surface area contributed by atoms with Gasteiger partial charge < -0.3 is 33.9 Å². The van der Waals surface area contributed by atoms with Crippen LogP contribution in [0, 0.1) is 11.8 Å². The number of aliphatic hydroxyl groups excluding tert-OH is 1. The minimum absolute atomic E-state index is 0.0327. The Morgan fingerprint density at radius 3 is 2.41 bits per heavy atom. The number of ether oxygens (including phenoxy) is 5. The van der Waals surface area contributed by atoms with Crippen molar-refractivity contribution >= 4 is 20.1 Å². The van der Waals surface area contributed by atoms with Gasteiger partial charge in [0.1, 0.15) is 17.1 Å². The Morgan fingerprint density at radius 2 is 1.82 bits per heavy atom. The van der Waals surface area contributed by atoms with E-state index in [1.165, 1.54) is 7.11 Å². The summed E-state index contributed by atoms with van der Waals surface area (Å²) in [4.78, 5) is 12.2. The molecular formula is C30H48O8Si. The maximum absolute atomic E-state index is 12.2. The van der Waals surface area contributed by atoms with Gasteiger partial charge >= 0.3 is 5.97 Å². The first-order chi connectivity index (χ1) is 18.1. The summed E-state index contributed by atoms with van der Waals surface area (Å²) < 4.78 is 29.1. The summed E-state index contributed by atoms with van der Waals surface area (Å²) >= 11 is 0. The molecule has 2 unspecified atom stereocenters. The summed E-state index contributed by atoms with van der Waals surface area (Å²) in [7, 11) is 0.187. The first kappa shape index (κ1) is 33.0. The van der Waals surface area contributed by atoms with E-state index in [4.69, 9.17) is 23.7 Å². The number of methoxy groups -OCH3 is 1. The van der Waals surface area contributed by atoms with Crippen LogP contribution in [0.1, 0.15) is 57.0 Å². The quantitative estimate of drug-likeness (QED) is 0.147. The third-order valence-electron chi connectivity index (χ3n) is 6.66. The van der Waals surface area contributed by atoms with Crippen molar-refractivity contribution in [2.45, 2.75) is 90.8 Å². The van der Waals surface area contributed by atoms with Crippen LogP contribution in [0.3, 0.4) is 0 Å². The molecule has 0 amide bonds. The van der Waals surface area contributed by atoms with E-state index in [1.807, 2.05) is 32.9 Å². The van der Waals surface area contributed by atoms with Gasteiger partial charge in [0.25, 0.3) is 0 Å². The molecule has 0 bridgehead atoms. The van der Waals surface area contributed by atoms with E-state index < -0.39 is 25.9 Å². The second-order valence-electron chi connectivity index (χ2n) is 12.0. The largest absolute Gasteiger partial charge is 0.494 e. The number of carboxylic acid groups (broad SMARTS) is 1. The molecule has 0 radical (unpaired) electrons. The normalized spacial score (nSPS) is 21.8. The maximum atomic E-state index is 12.2. The number of benzene rings is 1. The molecule has 1 aliphatic heterocycles. The predicted octanol–water partition coefficient (Wildman–Crippen LogP) is 6.22. The molecule has 1 heterocycles. The van der Waals surface area contributed by atoms with E-state index in [9.17, 15) is 15.0 Å². The average Bonchev–Trinajstić information content (AvgIpc) is 3.13. The number of aliphatic hydroxyl groups is 1. The second kappa shape index (κ2) is 14.5. The molecule has 220 valence electrons. The van der Waals surface area contributed by atoms with E-state index in [2.05, 4.69) is 32.6 Å². The molecule has 1 aromatic carbocycles. The highest BCUT2D eigenvalue weighted by Gasteiger charge is 2.42. The second-order valence-corrected chi connectivity index (χ2v) is 17.6. The predicted molar refractivity (Wildman–Crippen MR) is 156 cm³/mol. The zero-order chi connectivity index (χ0) is 29.4. The van der Waals surface area contributed by atoms with E-state index in [0.29, 0.717) is 24.3 Å². The molecule has 5 atom stereocenters. The fraction of sp³-hybridized carbons (Fsp3) is 0.633. The lowest BCUT2D eigenvalue weighted by Crippen LogP contribution is -2.28. The molecule has 2 rings (SSSR count). The summed E-state index contributed by atoms with van der Waals surface area (Å²) in [5.74, 6) is -1.00. The molecule has 1 aromatic rings. The van der Waals surface area contributed by atoms with Crippen LogP contribution in [-0.4, -0.2) is 68.9 Å². The van der Waals surface area contributed by atoms with Gasteiger partial charge in [-0.25, -0.2) is 4.79 Å². The average molecular weight is 565 g/mol. The van der Waals surface area contributed by atoms with Gasteiger partial charge in [0.15, 0.2) is 12.6 Å². The summed E-state index contributed by atoms with van der Waals surface area (Å²) in [5.41, 5.74) is 0.525. The van der Waals surface area contributed by atoms with E-state index in [1.54, 1.807) is 25.1 Å². The summed E-state index contributed by atoms with van der Waals surface area (Å²) in [5, 5.41) is 19.8. The SMILES string of the molecule is COCOc1cc(OCC[Si](C)(C)C)cc(/C=C/C[C@@H]2OC(C)(C)OC2C(C)/C=C\[C@@H](C)[C@H](C)O)c1C(=O)O. The topological polar surface area (TPSA) is 104 Å². The van der Waals surface area contributed by atoms with Crippen LogP contribution < -0.4 is 9.47 Å². The summed E-state index contributed by atoms with van der Waals surface area (Å²) in [6.45, 7) is 16.9. The van der Waals surface area contributed by atoms with Crippen LogP contribution in [0.4, 0.5) is 0 Å². The lowest BCUT2D eigenvalue weighted by atomic mass is 9.94. The number of carbonyl (C=O) groups is 1. The van der Waals surface area contributed by atoms with E-state index in [0.717, 1.165) is 6.04 Å². The Labute approximate surface area is 235 Å². The molecule has 0 aromatic heterocycles. The number of hydrogen-bond donors (Lipinski definition) is 2. The smallest absolute Gasteiger partial charge is 0.340 e. The first-order valence-electron chi connectivity index (χ1n) is 13.7. The Hall–Kier alpha value is -2.17. The van der Waals surface area contributed by atoms with Gasteiger partial charge in [-0.05, 0) is 50.8 Å². The van der Waals surface area contributed by atoms with Crippen molar-refractivity contribution in [2.24, 2.45) is 11.8 Å². The zero-order valence-electron chi connectivity index (χ0n) is 25.0. The van der Waals surface area contributed by atoms with Gasteiger partial charge in [-0.15, -0.1) is 0 Å². The standard InChI is InChI=1S/C30H48O8Si/c1-20(22(3)31)13-14-21(2)28-25(37-30(4,5)38-28)12-10-11-23-17-24(35-15-16-39(7,8)9)18-26(36-19-34-6)27(23)29(32)33/h10-11,13-14,17-18,20-22,25,28,31H,12,15-16,19H2,1-9H3,(H,32,33)/b11-10+,14-13-/t20-,21?,22+,25+,28?/m1/s1. The van der Waals surface area contributed by atoms with Crippen molar-refractivity contribution in [3.63, 3.8) is 0 Å². The Morgan fingerprint density at radius 1 is 1.13 bits per heavy atom. The summed E-state index contributed by atoms with van der Waals surface area (Å²) in [6.07, 6.45) is 7.41. The summed E-state index contributed by atoms with van der Waals surface area (Å²) in [6, 6.07) is 4.32. The fourth-order valence-electron chi connectivity index (χ4n) is 4.21. The van der Waals surface area contributed by atoms with Crippen molar-refractivity contribution < 1.29 is 38.7 Å². The van der Waals surface area contributed by atoms with Crippen LogP contribution in [-0.2, 0) is 14.2 Å².